The van der Waals surface area contributed by atoms with Crippen LogP contribution in [0.1, 0.15) is 12.5 Å². The molecule has 0 bridgehead atoms. The van der Waals surface area contributed by atoms with E-state index in [4.69, 9.17) is 21.4 Å². The molecule has 0 radical (unpaired) electrons. The Hall–Kier alpha value is -1.26. The van der Waals surface area contributed by atoms with Crippen LogP contribution in [0.4, 0.5) is 0 Å². The third-order valence-electron chi connectivity index (χ3n) is 2.11. The largest absolute Gasteiger partial charge is 0.490 e. The van der Waals surface area contributed by atoms with E-state index >= 15 is 0 Å². The highest BCUT2D eigenvalue weighted by Crippen LogP contribution is 2.21. The number of aliphatic carboxylic acids is 1. The molecule has 0 amide bonds. The van der Waals surface area contributed by atoms with Crippen LogP contribution in [0.2, 0.25) is 5.02 Å². The van der Waals surface area contributed by atoms with Gasteiger partial charge >= 0.3 is 5.97 Å². The third kappa shape index (κ3) is 3.12. The Bertz CT molecular complexity index is 401. The summed E-state index contributed by atoms with van der Waals surface area (Å²) in [7, 11) is 0. The van der Waals surface area contributed by atoms with Gasteiger partial charge in [0, 0.05) is 5.02 Å². The molecule has 1 atom stereocenters. The SMILES string of the molecule is Cc1cc(OCC(C)(O)C(=O)O)ccc1Cl. The molecule has 1 rings (SSSR count). The van der Waals surface area contributed by atoms with Gasteiger partial charge in [0.1, 0.15) is 12.4 Å². The quantitative estimate of drug-likeness (QED) is 0.849. The van der Waals surface area contributed by atoms with Crippen molar-refractivity contribution in [3.63, 3.8) is 0 Å². The van der Waals surface area contributed by atoms with E-state index < -0.39 is 11.6 Å². The van der Waals surface area contributed by atoms with Gasteiger partial charge in [-0.3, -0.25) is 0 Å². The molecule has 0 aliphatic carbocycles. The lowest BCUT2D eigenvalue weighted by molar-refractivity contribution is -0.159. The van der Waals surface area contributed by atoms with E-state index in [0.717, 1.165) is 5.56 Å². The van der Waals surface area contributed by atoms with Crippen LogP contribution >= 0.6 is 11.6 Å². The van der Waals surface area contributed by atoms with Crippen molar-refractivity contribution < 1.29 is 19.7 Å². The number of aliphatic hydroxyl groups is 1. The normalized spacial score (nSPS) is 14.2. The molecule has 5 heteroatoms. The third-order valence-corrected chi connectivity index (χ3v) is 2.53. The number of aryl methyl sites for hydroxylation is 1. The Morgan fingerprint density at radius 2 is 2.19 bits per heavy atom. The van der Waals surface area contributed by atoms with Gasteiger partial charge in [-0.2, -0.15) is 0 Å². The van der Waals surface area contributed by atoms with E-state index in [2.05, 4.69) is 0 Å². The summed E-state index contributed by atoms with van der Waals surface area (Å²) in [5.41, 5.74) is -1.07. The molecule has 1 aromatic rings. The van der Waals surface area contributed by atoms with E-state index in [-0.39, 0.29) is 6.61 Å². The predicted octanol–water partition coefficient (Wildman–Crippen LogP) is 1.86. The molecule has 0 fully saturated rings. The Kier molecular flexibility index (Phi) is 3.78. The minimum Gasteiger partial charge on any atom is -0.490 e. The molecule has 1 aromatic carbocycles. The Labute approximate surface area is 98.4 Å². The molecule has 0 saturated carbocycles. The average molecular weight is 245 g/mol. The second-order valence-electron chi connectivity index (χ2n) is 3.78. The van der Waals surface area contributed by atoms with Crippen molar-refractivity contribution in [1.29, 1.82) is 0 Å². The fraction of sp³-hybridized carbons (Fsp3) is 0.364. The van der Waals surface area contributed by atoms with Gasteiger partial charge in [0.15, 0.2) is 5.60 Å². The van der Waals surface area contributed by atoms with E-state index in [9.17, 15) is 9.90 Å². The second kappa shape index (κ2) is 4.72. The van der Waals surface area contributed by atoms with Crippen LogP contribution in [-0.4, -0.2) is 28.4 Å². The fourth-order valence-electron chi connectivity index (χ4n) is 0.993. The molecule has 0 aliphatic heterocycles. The maximum Gasteiger partial charge on any atom is 0.339 e. The van der Waals surface area contributed by atoms with Crippen LogP contribution in [0, 0.1) is 6.92 Å². The molecule has 2 N–H and O–H groups in total. The van der Waals surface area contributed by atoms with E-state index in [1.54, 1.807) is 18.2 Å². The number of benzene rings is 1. The second-order valence-corrected chi connectivity index (χ2v) is 4.19. The first-order chi connectivity index (χ1) is 7.33. The van der Waals surface area contributed by atoms with Gasteiger partial charge in [0.25, 0.3) is 0 Å². The average Bonchev–Trinajstić information content (AvgIpc) is 2.20. The lowest BCUT2D eigenvalue weighted by atomic mass is 10.1. The Balaban J connectivity index is 2.68. The number of ether oxygens (including phenoxy) is 1. The number of rotatable bonds is 4. The summed E-state index contributed by atoms with van der Waals surface area (Å²) in [6, 6.07) is 4.95. The van der Waals surface area contributed by atoms with Crippen molar-refractivity contribution >= 4 is 17.6 Å². The molecule has 0 saturated heterocycles. The van der Waals surface area contributed by atoms with Crippen LogP contribution in [0.3, 0.4) is 0 Å². The zero-order valence-corrected chi connectivity index (χ0v) is 9.78. The van der Waals surface area contributed by atoms with Gasteiger partial charge in [-0.05, 0) is 37.6 Å². The number of hydrogen-bond acceptors (Lipinski definition) is 3. The van der Waals surface area contributed by atoms with Crippen molar-refractivity contribution in [3.05, 3.63) is 28.8 Å². The molecule has 0 spiro atoms. The molecular formula is C11H13ClO4. The van der Waals surface area contributed by atoms with Crippen molar-refractivity contribution in [2.45, 2.75) is 19.4 Å². The van der Waals surface area contributed by atoms with Crippen LogP contribution in [0.5, 0.6) is 5.75 Å². The Morgan fingerprint density at radius 1 is 1.56 bits per heavy atom. The highest BCUT2D eigenvalue weighted by molar-refractivity contribution is 6.31. The van der Waals surface area contributed by atoms with Crippen LogP contribution < -0.4 is 4.74 Å². The zero-order valence-electron chi connectivity index (χ0n) is 9.03. The summed E-state index contributed by atoms with van der Waals surface area (Å²) in [5.74, 6) is -0.846. The number of carbonyl (C=O) groups is 1. The maximum absolute atomic E-state index is 10.6. The molecule has 0 aliphatic rings. The molecular weight excluding hydrogens is 232 g/mol. The first-order valence-electron chi connectivity index (χ1n) is 4.67. The first-order valence-corrected chi connectivity index (χ1v) is 5.05. The van der Waals surface area contributed by atoms with Crippen LogP contribution in [-0.2, 0) is 4.79 Å². The first kappa shape index (κ1) is 12.8. The van der Waals surface area contributed by atoms with Gasteiger partial charge in [0.2, 0.25) is 0 Å². The van der Waals surface area contributed by atoms with Crippen LogP contribution in [0.15, 0.2) is 18.2 Å². The number of carboxylic acids is 1. The lowest BCUT2D eigenvalue weighted by Gasteiger charge is -2.18. The molecule has 0 heterocycles. The van der Waals surface area contributed by atoms with Gasteiger partial charge in [-0.15, -0.1) is 0 Å². The predicted molar refractivity (Wildman–Crippen MR) is 59.9 cm³/mol. The van der Waals surface area contributed by atoms with Gasteiger partial charge < -0.3 is 14.9 Å². The minimum atomic E-state index is -1.90. The summed E-state index contributed by atoms with van der Waals surface area (Å²) in [4.78, 5) is 10.6. The number of carboxylic acid groups (broad SMARTS) is 1. The van der Waals surface area contributed by atoms with Crippen LogP contribution in [0.25, 0.3) is 0 Å². The molecule has 4 nitrogen and oxygen atoms in total. The minimum absolute atomic E-state index is 0.316. The summed E-state index contributed by atoms with van der Waals surface area (Å²) >= 11 is 5.82. The van der Waals surface area contributed by atoms with Gasteiger partial charge in [0.05, 0.1) is 0 Å². The zero-order chi connectivity index (χ0) is 12.3. The van der Waals surface area contributed by atoms with E-state index in [1.807, 2.05) is 6.92 Å². The highest BCUT2D eigenvalue weighted by atomic mass is 35.5. The summed E-state index contributed by atoms with van der Waals surface area (Å²) < 4.78 is 5.18. The highest BCUT2D eigenvalue weighted by Gasteiger charge is 2.30. The fourth-order valence-corrected chi connectivity index (χ4v) is 1.11. The molecule has 88 valence electrons. The smallest absolute Gasteiger partial charge is 0.339 e. The molecule has 1 unspecified atom stereocenters. The van der Waals surface area contributed by atoms with Gasteiger partial charge in [-0.1, -0.05) is 11.6 Å². The summed E-state index contributed by atoms with van der Waals surface area (Å²) in [6.45, 7) is 2.67. The van der Waals surface area contributed by atoms with E-state index in [0.29, 0.717) is 10.8 Å². The van der Waals surface area contributed by atoms with E-state index in [1.165, 1.54) is 6.92 Å². The van der Waals surface area contributed by atoms with Crippen molar-refractivity contribution in [2.75, 3.05) is 6.61 Å². The topological polar surface area (TPSA) is 66.8 Å². The molecule has 16 heavy (non-hydrogen) atoms. The number of halogens is 1. The monoisotopic (exact) mass is 244 g/mol. The molecule has 0 aromatic heterocycles. The summed E-state index contributed by atoms with van der Waals surface area (Å²) in [6.07, 6.45) is 0. The van der Waals surface area contributed by atoms with Crippen molar-refractivity contribution in [1.82, 2.24) is 0 Å². The van der Waals surface area contributed by atoms with Gasteiger partial charge in [-0.25, -0.2) is 4.79 Å². The Morgan fingerprint density at radius 3 is 2.69 bits per heavy atom. The van der Waals surface area contributed by atoms with Crippen molar-refractivity contribution in [3.8, 4) is 5.75 Å². The van der Waals surface area contributed by atoms with Crippen molar-refractivity contribution in [2.24, 2.45) is 0 Å². The lowest BCUT2D eigenvalue weighted by Crippen LogP contribution is -2.41. The summed E-state index contributed by atoms with van der Waals surface area (Å²) in [5, 5.41) is 18.7. The standard InChI is InChI=1S/C11H13ClO4/c1-7-5-8(3-4-9(7)12)16-6-11(2,15)10(13)14/h3-5,15H,6H2,1-2H3,(H,13,14). The maximum atomic E-state index is 10.6. The number of hydrogen-bond donors (Lipinski definition) is 2.